The number of fused-ring (bicyclic) bond motifs is 1. The van der Waals surface area contributed by atoms with E-state index in [-0.39, 0.29) is 6.04 Å². The largest absolute Gasteiger partial charge is 0.497 e. The summed E-state index contributed by atoms with van der Waals surface area (Å²) in [5.74, 6) is 1.82. The first-order valence-corrected chi connectivity index (χ1v) is 9.00. The highest BCUT2D eigenvalue weighted by molar-refractivity contribution is 5.44. The summed E-state index contributed by atoms with van der Waals surface area (Å²) in [5, 5.41) is 3.62. The minimum Gasteiger partial charge on any atom is -0.497 e. The van der Waals surface area contributed by atoms with Crippen LogP contribution in [0, 0.1) is 0 Å². The topological polar surface area (TPSA) is 30.5 Å². The van der Waals surface area contributed by atoms with E-state index in [4.69, 9.17) is 9.47 Å². The van der Waals surface area contributed by atoms with Gasteiger partial charge < -0.3 is 14.8 Å². The molecule has 3 aromatic carbocycles. The van der Waals surface area contributed by atoms with Crippen LogP contribution in [0.2, 0.25) is 0 Å². The van der Waals surface area contributed by atoms with Crippen molar-refractivity contribution in [3.63, 3.8) is 0 Å². The summed E-state index contributed by atoms with van der Waals surface area (Å²) in [6.45, 7) is 1.56. The zero-order valence-corrected chi connectivity index (χ0v) is 14.9. The predicted molar refractivity (Wildman–Crippen MR) is 104 cm³/mol. The Morgan fingerprint density at radius 3 is 2.46 bits per heavy atom. The fourth-order valence-electron chi connectivity index (χ4n) is 3.47. The Labute approximate surface area is 154 Å². The lowest BCUT2D eigenvalue weighted by atomic mass is 9.90. The molecule has 1 aliphatic rings. The van der Waals surface area contributed by atoms with Crippen molar-refractivity contribution in [2.45, 2.75) is 19.1 Å². The number of rotatable bonds is 5. The lowest BCUT2D eigenvalue weighted by Gasteiger charge is -2.28. The average molecular weight is 345 g/mol. The molecule has 0 saturated heterocycles. The maximum atomic E-state index is 5.99. The van der Waals surface area contributed by atoms with Gasteiger partial charge in [-0.3, -0.25) is 0 Å². The van der Waals surface area contributed by atoms with Gasteiger partial charge in [0, 0.05) is 6.54 Å². The number of hydrogen-bond donors (Lipinski definition) is 1. The lowest BCUT2D eigenvalue weighted by Crippen LogP contribution is -2.30. The van der Waals surface area contributed by atoms with Crippen LogP contribution in [0.4, 0.5) is 0 Å². The molecule has 0 amide bonds. The van der Waals surface area contributed by atoms with Gasteiger partial charge in [0.2, 0.25) is 0 Å². The normalized spacial score (nSPS) is 16.0. The Kier molecular flexibility index (Phi) is 4.89. The second-order valence-corrected chi connectivity index (χ2v) is 6.55. The number of nitrogens with one attached hydrogen (secondary N) is 1. The van der Waals surface area contributed by atoms with Gasteiger partial charge in [-0.15, -0.1) is 0 Å². The van der Waals surface area contributed by atoms with Crippen molar-refractivity contribution in [2.24, 2.45) is 0 Å². The second-order valence-electron chi connectivity index (χ2n) is 6.55. The Bertz CT molecular complexity index is 859. The predicted octanol–water partition coefficient (Wildman–Crippen LogP) is 4.51. The molecular weight excluding hydrogens is 322 g/mol. The molecule has 0 fully saturated rings. The van der Waals surface area contributed by atoms with Crippen molar-refractivity contribution < 1.29 is 9.47 Å². The van der Waals surface area contributed by atoms with Crippen LogP contribution in [0.5, 0.6) is 11.5 Å². The maximum absolute atomic E-state index is 5.99. The first-order valence-electron chi connectivity index (χ1n) is 9.00. The van der Waals surface area contributed by atoms with E-state index in [1.54, 1.807) is 7.11 Å². The second kappa shape index (κ2) is 7.63. The molecule has 1 atom stereocenters. The van der Waals surface area contributed by atoms with Gasteiger partial charge in [0.05, 0.1) is 13.2 Å². The standard InChI is InChI=1S/C23H23NO2/c1-25-20-9-7-18(8-10-20)23-22-12-11-21(15-19(22)13-14-24-23)26-16-17-5-3-2-4-6-17/h2-12,15,23-24H,13-14,16H2,1H3. The molecule has 1 aliphatic heterocycles. The molecule has 3 nitrogen and oxygen atoms in total. The molecule has 1 N–H and O–H groups in total. The van der Waals surface area contributed by atoms with Crippen LogP contribution in [-0.2, 0) is 13.0 Å². The van der Waals surface area contributed by atoms with Crippen LogP contribution >= 0.6 is 0 Å². The first-order chi connectivity index (χ1) is 12.8. The Morgan fingerprint density at radius 1 is 0.923 bits per heavy atom. The van der Waals surface area contributed by atoms with Crippen LogP contribution in [0.1, 0.15) is 28.3 Å². The fraction of sp³-hybridized carbons (Fsp3) is 0.217. The van der Waals surface area contributed by atoms with E-state index in [2.05, 4.69) is 47.8 Å². The summed E-state index contributed by atoms with van der Waals surface area (Å²) in [4.78, 5) is 0. The Morgan fingerprint density at radius 2 is 1.69 bits per heavy atom. The van der Waals surface area contributed by atoms with Gasteiger partial charge in [-0.2, -0.15) is 0 Å². The molecule has 132 valence electrons. The van der Waals surface area contributed by atoms with Gasteiger partial charge in [-0.05, 0) is 52.9 Å². The van der Waals surface area contributed by atoms with E-state index in [0.29, 0.717) is 6.61 Å². The van der Waals surface area contributed by atoms with Crippen LogP contribution in [0.15, 0.2) is 72.8 Å². The molecule has 0 bridgehead atoms. The molecule has 1 unspecified atom stereocenters. The zero-order valence-electron chi connectivity index (χ0n) is 14.9. The number of ether oxygens (including phenoxy) is 2. The van der Waals surface area contributed by atoms with E-state index in [9.17, 15) is 0 Å². The minimum absolute atomic E-state index is 0.216. The summed E-state index contributed by atoms with van der Waals surface area (Å²) in [6.07, 6.45) is 1.02. The number of hydrogen-bond acceptors (Lipinski definition) is 3. The third-order valence-corrected chi connectivity index (χ3v) is 4.87. The molecular formula is C23H23NO2. The molecule has 1 heterocycles. The molecule has 0 aliphatic carbocycles. The summed E-state index contributed by atoms with van der Waals surface area (Å²) in [5.41, 5.74) is 5.12. The fourth-order valence-corrected chi connectivity index (χ4v) is 3.47. The molecule has 26 heavy (non-hydrogen) atoms. The minimum atomic E-state index is 0.216. The van der Waals surface area contributed by atoms with Gasteiger partial charge in [0.15, 0.2) is 0 Å². The van der Waals surface area contributed by atoms with Crippen molar-refractivity contribution >= 4 is 0 Å². The zero-order chi connectivity index (χ0) is 17.8. The summed E-state index contributed by atoms with van der Waals surface area (Å²) in [6, 6.07) is 25.2. The summed E-state index contributed by atoms with van der Waals surface area (Å²) >= 11 is 0. The van der Waals surface area contributed by atoms with Crippen molar-refractivity contribution in [1.82, 2.24) is 5.32 Å². The van der Waals surface area contributed by atoms with Gasteiger partial charge >= 0.3 is 0 Å². The van der Waals surface area contributed by atoms with Crippen LogP contribution in [0.25, 0.3) is 0 Å². The quantitative estimate of drug-likeness (QED) is 0.738. The molecule has 0 aromatic heterocycles. The van der Waals surface area contributed by atoms with E-state index in [1.807, 2.05) is 30.3 Å². The third kappa shape index (κ3) is 3.58. The average Bonchev–Trinajstić information content (AvgIpc) is 2.72. The van der Waals surface area contributed by atoms with Crippen molar-refractivity contribution in [2.75, 3.05) is 13.7 Å². The smallest absolute Gasteiger partial charge is 0.120 e. The lowest BCUT2D eigenvalue weighted by molar-refractivity contribution is 0.305. The highest BCUT2D eigenvalue weighted by Crippen LogP contribution is 2.32. The number of benzene rings is 3. The first kappa shape index (κ1) is 16.7. The summed E-state index contributed by atoms with van der Waals surface area (Å²) in [7, 11) is 1.69. The van der Waals surface area contributed by atoms with Crippen LogP contribution < -0.4 is 14.8 Å². The van der Waals surface area contributed by atoms with Gasteiger partial charge in [0.25, 0.3) is 0 Å². The molecule has 3 aromatic rings. The molecule has 0 spiro atoms. The number of methoxy groups -OCH3 is 1. The van der Waals surface area contributed by atoms with E-state index < -0.39 is 0 Å². The van der Waals surface area contributed by atoms with Gasteiger partial charge in [-0.1, -0.05) is 48.5 Å². The summed E-state index contributed by atoms with van der Waals surface area (Å²) < 4.78 is 11.3. The van der Waals surface area contributed by atoms with Crippen LogP contribution in [-0.4, -0.2) is 13.7 Å². The molecule has 3 heteroatoms. The van der Waals surface area contributed by atoms with Crippen molar-refractivity contribution in [3.8, 4) is 11.5 Å². The Balaban J connectivity index is 1.53. The molecule has 4 rings (SSSR count). The van der Waals surface area contributed by atoms with E-state index >= 15 is 0 Å². The van der Waals surface area contributed by atoms with Crippen LogP contribution in [0.3, 0.4) is 0 Å². The van der Waals surface area contributed by atoms with Gasteiger partial charge in [0.1, 0.15) is 18.1 Å². The van der Waals surface area contributed by atoms with Crippen molar-refractivity contribution in [3.05, 3.63) is 95.1 Å². The molecule has 0 radical (unpaired) electrons. The van der Waals surface area contributed by atoms with Crippen molar-refractivity contribution in [1.29, 1.82) is 0 Å². The Hall–Kier alpha value is -2.78. The highest BCUT2D eigenvalue weighted by Gasteiger charge is 2.21. The SMILES string of the molecule is COc1ccc(C2NCCc3cc(OCc4ccccc4)ccc32)cc1. The highest BCUT2D eigenvalue weighted by atomic mass is 16.5. The van der Waals surface area contributed by atoms with E-state index in [1.165, 1.54) is 22.3 Å². The maximum Gasteiger partial charge on any atom is 0.120 e. The third-order valence-electron chi connectivity index (χ3n) is 4.87. The monoisotopic (exact) mass is 345 g/mol. The molecule has 0 saturated carbocycles. The van der Waals surface area contributed by atoms with E-state index in [0.717, 1.165) is 24.5 Å². The van der Waals surface area contributed by atoms with Gasteiger partial charge in [-0.25, -0.2) is 0 Å².